The average molecular weight is 455 g/mol. The minimum atomic E-state index is -0.0791. The van der Waals surface area contributed by atoms with Gasteiger partial charge in [-0.1, -0.05) is 12.1 Å². The van der Waals surface area contributed by atoms with Crippen LogP contribution >= 0.6 is 12.2 Å². The summed E-state index contributed by atoms with van der Waals surface area (Å²) in [7, 11) is 4.09. The second-order valence-corrected chi connectivity index (χ2v) is 8.68. The lowest BCUT2D eigenvalue weighted by atomic mass is 10.0. The molecule has 1 aromatic carbocycles. The monoisotopic (exact) mass is 454 g/mol. The molecule has 0 radical (unpaired) electrons. The quantitative estimate of drug-likeness (QED) is 0.431. The van der Waals surface area contributed by atoms with Gasteiger partial charge in [-0.25, -0.2) is 0 Å². The number of anilines is 2. The van der Waals surface area contributed by atoms with Gasteiger partial charge in [0.05, 0.1) is 24.0 Å². The Labute approximate surface area is 199 Å². The Morgan fingerprint density at radius 2 is 1.67 bits per heavy atom. The molecular weight excluding hydrogens is 428 g/mol. The van der Waals surface area contributed by atoms with E-state index in [4.69, 9.17) is 12.2 Å². The first kappa shape index (κ1) is 21.2. The number of nitrogens with zero attached hydrogens (tertiary/aromatic N) is 5. The van der Waals surface area contributed by atoms with E-state index < -0.39 is 0 Å². The van der Waals surface area contributed by atoms with E-state index in [2.05, 4.69) is 84.4 Å². The van der Waals surface area contributed by atoms with Crippen molar-refractivity contribution in [2.24, 2.45) is 0 Å². The highest BCUT2D eigenvalue weighted by Crippen LogP contribution is 2.42. The summed E-state index contributed by atoms with van der Waals surface area (Å²) >= 11 is 5.86. The Bertz CT molecular complexity index is 1220. The molecule has 4 heterocycles. The average Bonchev–Trinajstić information content (AvgIpc) is 3.44. The van der Waals surface area contributed by atoms with Crippen LogP contribution in [0.2, 0.25) is 0 Å². The van der Waals surface area contributed by atoms with Crippen LogP contribution in [0.15, 0.2) is 91.4 Å². The third-order valence-electron chi connectivity index (χ3n) is 5.97. The lowest BCUT2D eigenvalue weighted by molar-refractivity contribution is 0.532. The van der Waals surface area contributed by atoms with Gasteiger partial charge in [0.25, 0.3) is 0 Å². The first-order valence-electron chi connectivity index (χ1n) is 10.9. The van der Waals surface area contributed by atoms with Crippen LogP contribution in [0.3, 0.4) is 0 Å². The van der Waals surface area contributed by atoms with Crippen LogP contribution in [0.5, 0.6) is 0 Å². The first-order valence-corrected chi connectivity index (χ1v) is 11.4. The predicted octanol–water partition coefficient (Wildman–Crippen LogP) is 4.57. The lowest BCUT2D eigenvalue weighted by Crippen LogP contribution is -2.30. The summed E-state index contributed by atoms with van der Waals surface area (Å²) in [6.07, 6.45) is 5.77. The fourth-order valence-corrected chi connectivity index (χ4v) is 4.70. The number of hydrogen-bond donors (Lipinski definition) is 1. The maximum atomic E-state index is 5.86. The maximum absolute atomic E-state index is 5.86. The molecule has 0 spiro atoms. The molecule has 6 nitrogen and oxygen atoms in total. The number of aromatic nitrogens is 3. The van der Waals surface area contributed by atoms with E-state index in [1.165, 1.54) is 0 Å². The maximum Gasteiger partial charge on any atom is 0.174 e. The summed E-state index contributed by atoms with van der Waals surface area (Å²) in [6.45, 7) is 0.689. The van der Waals surface area contributed by atoms with E-state index in [1.54, 1.807) is 0 Å². The molecule has 1 N–H and O–H groups in total. The van der Waals surface area contributed by atoms with Gasteiger partial charge in [-0.15, -0.1) is 0 Å². The fourth-order valence-electron chi connectivity index (χ4n) is 4.35. The van der Waals surface area contributed by atoms with Crippen LogP contribution in [0.1, 0.15) is 29.2 Å². The molecule has 4 aromatic rings. The topological polar surface area (TPSA) is 49.2 Å². The summed E-state index contributed by atoms with van der Waals surface area (Å²) in [5, 5.41) is 4.23. The zero-order valence-corrected chi connectivity index (χ0v) is 19.5. The predicted molar refractivity (Wildman–Crippen MR) is 136 cm³/mol. The minimum Gasteiger partial charge on any atom is -0.378 e. The smallest absolute Gasteiger partial charge is 0.174 e. The number of rotatable bonds is 6. The van der Waals surface area contributed by atoms with E-state index in [-0.39, 0.29) is 12.1 Å². The Kier molecular flexibility index (Phi) is 5.79. The SMILES string of the molecule is CN(C)c1ccc(N2C(=S)N[C@@H](c3ccccn3)[C@@H]2c2cccn2Cc2ccccn2)cc1. The normalized spacial score (nSPS) is 17.8. The van der Waals surface area contributed by atoms with Crippen molar-refractivity contribution >= 4 is 28.7 Å². The molecule has 0 saturated carbocycles. The second kappa shape index (κ2) is 9.03. The number of thiocarbonyl (C=S) groups is 1. The highest BCUT2D eigenvalue weighted by molar-refractivity contribution is 7.80. The highest BCUT2D eigenvalue weighted by Gasteiger charge is 2.42. The first-order chi connectivity index (χ1) is 16.1. The molecule has 1 fully saturated rings. The number of benzene rings is 1. The molecule has 33 heavy (non-hydrogen) atoms. The zero-order chi connectivity index (χ0) is 22.8. The fraction of sp³-hybridized carbons (Fsp3) is 0.192. The minimum absolute atomic E-state index is 0.0590. The van der Waals surface area contributed by atoms with Crippen LogP contribution in [-0.4, -0.2) is 33.7 Å². The second-order valence-electron chi connectivity index (χ2n) is 8.29. The van der Waals surface area contributed by atoms with Crippen LogP contribution in [-0.2, 0) is 6.54 Å². The molecule has 1 saturated heterocycles. The van der Waals surface area contributed by atoms with Crippen LogP contribution < -0.4 is 15.1 Å². The van der Waals surface area contributed by atoms with Gasteiger partial charge < -0.3 is 19.7 Å². The van der Waals surface area contributed by atoms with Crippen molar-refractivity contribution in [3.05, 3.63) is 108 Å². The number of nitrogens with one attached hydrogen (secondary N) is 1. The molecule has 7 heteroatoms. The van der Waals surface area contributed by atoms with Crippen LogP contribution in [0.4, 0.5) is 11.4 Å². The summed E-state index contributed by atoms with van der Waals surface area (Å²) < 4.78 is 2.25. The van der Waals surface area contributed by atoms with Crippen molar-refractivity contribution < 1.29 is 0 Å². The Balaban J connectivity index is 1.58. The number of hydrogen-bond acceptors (Lipinski definition) is 4. The van der Waals surface area contributed by atoms with Crippen LogP contribution in [0.25, 0.3) is 0 Å². The third-order valence-corrected chi connectivity index (χ3v) is 6.28. The van der Waals surface area contributed by atoms with Gasteiger partial charge in [0.1, 0.15) is 6.04 Å². The molecule has 0 unspecified atom stereocenters. The Morgan fingerprint density at radius 1 is 0.909 bits per heavy atom. The summed E-state index contributed by atoms with van der Waals surface area (Å²) in [4.78, 5) is 13.5. The van der Waals surface area contributed by atoms with Crippen molar-refractivity contribution in [2.45, 2.75) is 18.6 Å². The molecule has 0 bridgehead atoms. The zero-order valence-electron chi connectivity index (χ0n) is 18.7. The molecular formula is C26H26N6S. The van der Waals surface area contributed by atoms with Gasteiger partial charge in [-0.2, -0.15) is 0 Å². The van der Waals surface area contributed by atoms with Gasteiger partial charge in [-0.3, -0.25) is 9.97 Å². The van der Waals surface area contributed by atoms with Crippen molar-refractivity contribution in [1.29, 1.82) is 0 Å². The van der Waals surface area contributed by atoms with Gasteiger partial charge in [-0.05, 0) is 72.9 Å². The van der Waals surface area contributed by atoms with E-state index >= 15 is 0 Å². The van der Waals surface area contributed by atoms with Gasteiger partial charge in [0.15, 0.2) is 5.11 Å². The van der Waals surface area contributed by atoms with Gasteiger partial charge >= 0.3 is 0 Å². The Morgan fingerprint density at radius 3 is 2.33 bits per heavy atom. The molecule has 1 aliphatic heterocycles. The standard InChI is InChI=1S/C26H26N6S/c1-30(2)20-11-13-21(14-12-20)32-25(24(29-26(32)33)22-9-4-6-16-28-22)23-10-7-17-31(23)18-19-8-3-5-15-27-19/h3-17,24-25H,18H2,1-2H3,(H,29,33)/t24-,25-/m0/s1. The summed E-state index contributed by atoms with van der Waals surface area (Å²) in [5.41, 5.74) is 5.32. The largest absolute Gasteiger partial charge is 0.378 e. The molecule has 1 aliphatic rings. The molecule has 0 amide bonds. The summed E-state index contributed by atoms with van der Waals surface area (Å²) in [5.74, 6) is 0. The van der Waals surface area contributed by atoms with E-state index in [0.29, 0.717) is 11.7 Å². The van der Waals surface area contributed by atoms with Crippen molar-refractivity contribution in [1.82, 2.24) is 19.9 Å². The van der Waals surface area contributed by atoms with E-state index in [0.717, 1.165) is 28.5 Å². The highest BCUT2D eigenvalue weighted by atomic mass is 32.1. The van der Waals surface area contributed by atoms with Crippen molar-refractivity contribution in [3.63, 3.8) is 0 Å². The van der Waals surface area contributed by atoms with Crippen LogP contribution in [0, 0.1) is 0 Å². The van der Waals surface area contributed by atoms with Gasteiger partial charge in [0, 0.05) is 49.8 Å². The molecule has 5 rings (SSSR count). The summed E-state index contributed by atoms with van der Waals surface area (Å²) in [6, 6.07) is 24.6. The van der Waals surface area contributed by atoms with E-state index in [1.807, 2.05) is 50.8 Å². The third kappa shape index (κ3) is 4.19. The van der Waals surface area contributed by atoms with Crippen molar-refractivity contribution in [3.8, 4) is 0 Å². The molecule has 166 valence electrons. The van der Waals surface area contributed by atoms with Gasteiger partial charge in [0.2, 0.25) is 0 Å². The molecule has 2 atom stereocenters. The van der Waals surface area contributed by atoms with E-state index in [9.17, 15) is 0 Å². The number of pyridine rings is 2. The lowest BCUT2D eigenvalue weighted by Gasteiger charge is -2.29. The molecule has 3 aromatic heterocycles. The van der Waals surface area contributed by atoms with Crippen molar-refractivity contribution in [2.75, 3.05) is 23.9 Å². The molecule has 0 aliphatic carbocycles. The Hall–Kier alpha value is -3.71.